The molecule has 1 fully saturated rings. The van der Waals surface area contributed by atoms with Gasteiger partial charge in [-0.15, -0.1) is 0 Å². The van der Waals surface area contributed by atoms with Crippen LogP contribution in [0.2, 0.25) is 0 Å². The molecule has 0 radical (unpaired) electrons. The van der Waals surface area contributed by atoms with Crippen LogP contribution >= 0.6 is 0 Å². The van der Waals surface area contributed by atoms with E-state index < -0.39 is 0 Å². The molecular weight excluding hydrogens is 311 g/mol. The molecule has 1 atom stereocenters. The maximum Gasteiger partial charge on any atom is 0.221 e. The third-order valence-corrected chi connectivity index (χ3v) is 4.00. The predicted molar refractivity (Wildman–Crippen MR) is 87.3 cm³/mol. The van der Waals surface area contributed by atoms with Gasteiger partial charge in [-0.1, -0.05) is 0 Å². The maximum atomic E-state index is 13.0. The summed E-state index contributed by atoms with van der Waals surface area (Å²) in [7, 11) is 0. The van der Waals surface area contributed by atoms with Gasteiger partial charge >= 0.3 is 0 Å². The lowest BCUT2D eigenvalue weighted by atomic mass is 10.2. The Kier molecular flexibility index (Phi) is 5.22. The van der Waals surface area contributed by atoms with E-state index in [9.17, 15) is 9.18 Å². The molecule has 1 aliphatic rings. The summed E-state index contributed by atoms with van der Waals surface area (Å²) in [6.45, 7) is 4.34. The van der Waals surface area contributed by atoms with E-state index in [4.69, 9.17) is 4.74 Å². The molecule has 1 amide bonds. The molecule has 2 aromatic rings. The number of nitrogens with zero attached hydrogens (tertiary/aromatic N) is 2. The SMILES string of the molecule is Cc1nn(-c2ccc(F)cc2)cc1CNC(=O)CC1COCCN1. The van der Waals surface area contributed by atoms with Crippen molar-refractivity contribution >= 4 is 5.91 Å². The predicted octanol–water partition coefficient (Wildman–Crippen LogP) is 1.31. The van der Waals surface area contributed by atoms with E-state index in [1.54, 1.807) is 16.8 Å². The molecule has 0 spiro atoms. The number of nitrogens with one attached hydrogen (secondary N) is 2. The fourth-order valence-corrected chi connectivity index (χ4v) is 2.64. The van der Waals surface area contributed by atoms with Crippen molar-refractivity contribution in [2.24, 2.45) is 0 Å². The first-order valence-corrected chi connectivity index (χ1v) is 8.01. The summed E-state index contributed by atoms with van der Waals surface area (Å²) < 4.78 is 20.0. The van der Waals surface area contributed by atoms with E-state index in [0.717, 1.165) is 23.5 Å². The highest BCUT2D eigenvalue weighted by atomic mass is 19.1. The largest absolute Gasteiger partial charge is 0.378 e. The number of ether oxygens (including phenoxy) is 1. The van der Waals surface area contributed by atoms with Crippen molar-refractivity contribution < 1.29 is 13.9 Å². The Morgan fingerprint density at radius 2 is 2.25 bits per heavy atom. The minimum absolute atomic E-state index is 0.0214. The van der Waals surface area contributed by atoms with Crippen LogP contribution in [-0.4, -0.2) is 41.5 Å². The van der Waals surface area contributed by atoms with Gasteiger partial charge < -0.3 is 15.4 Å². The Morgan fingerprint density at radius 3 is 2.96 bits per heavy atom. The van der Waals surface area contributed by atoms with Gasteiger partial charge in [0.1, 0.15) is 5.82 Å². The molecule has 0 aliphatic carbocycles. The molecule has 1 aromatic heterocycles. The summed E-state index contributed by atoms with van der Waals surface area (Å²) in [5.41, 5.74) is 2.54. The first kappa shape index (κ1) is 16.6. The first-order valence-electron chi connectivity index (χ1n) is 8.01. The Balaban J connectivity index is 1.57. The number of aryl methyl sites for hydroxylation is 1. The fourth-order valence-electron chi connectivity index (χ4n) is 2.64. The molecular formula is C17H21FN4O2. The van der Waals surface area contributed by atoms with Gasteiger partial charge in [-0.25, -0.2) is 9.07 Å². The number of rotatable bonds is 5. The monoisotopic (exact) mass is 332 g/mol. The van der Waals surface area contributed by atoms with Crippen molar-refractivity contribution in [2.75, 3.05) is 19.8 Å². The van der Waals surface area contributed by atoms with E-state index in [0.29, 0.717) is 26.2 Å². The average Bonchev–Trinajstić information content (AvgIpc) is 2.95. The average molecular weight is 332 g/mol. The summed E-state index contributed by atoms with van der Waals surface area (Å²) in [5, 5.41) is 10.6. The van der Waals surface area contributed by atoms with Crippen molar-refractivity contribution in [3.8, 4) is 5.69 Å². The molecule has 24 heavy (non-hydrogen) atoms. The number of carbonyl (C=O) groups is 1. The van der Waals surface area contributed by atoms with Crippen molar-refractivity contribution in [3.05, 3.63) is 47.5 Å². The van der Waals surface area contributed by atoms with Crippen LogP contribution in [0.4, 0.5) is 4.39 Å². The lowest BCUT2D eigenvalue weighted by Crippen LogP contribution is -2.44. The van der Waals surface area contributed by atoms with E-state index in [2.05, 4.69) is 15.7 Å². The molecule has 1 unspecified atom stereocenters. The molecule has 3 rings (SSSR count). The Morgan fingerprint density at radius 1 is 1.46 bits per heavy atom. The van der Waals surface area contributed by atoms with Crippen LogP contribution in [0.5, 0.6) is 0 Å². The van der Waals surface area contributed by atoms with E-state index in [1.807, 2.05) is 13.1 Å². The lowest BCUT2D eigenvalue weighted by molar-refractivity contribution is -0.122. The number of halogens is 1. The smallest absolute Gasteiger partial charge is 0.221 e. The molecule has 1 saturated heterocycles. The molecule has 0 bridgehead atoms. The zero-order chi connectivity index (χ0) is 16.9. The minimum atomic E-state index is -0.282. The van der Waals surface area contributed by atoms with Crippen molar-refractivity contribution in [1.82, 2.24) is 20.4 Å². The second kappa shape index (κ2) is 7.55. The summed E-state index contributed by atoms with van der Waals surface area (Å²) in [6.07, 6.45) is 2.25. The van der Waals surface area contributed by atoms with Crippen LogP contribution in [0, 0.1) is 12.7 Å². The highest BCUT2D eigenvalue weighted by Crippen LogP contribution is 2.12. The number of aromatic nitrogens is 2. The van der Waals surface area contributed by atoms with Gasteiger partial charge in [0, 0.05) is 37.3 Å². The van der Waals surface area contributed by atoms with Crippen LogP contribution < -0.4 is 10.6 Å². The Hall–Kier alpha value is -2.25. The second-order valence-corrected chi connectivity index (χ2v) is 5.87. The van der Waals surface area contributed by atoms with Crippen LogP contribution in [-0.2, 0) is 16.1 Å². The highest BCUT2D eigenvalue weighted by molar-refractivity contribution is 5.76. The van der Waals surface area contributed by atoms with Crippen molar-refractivity contribution in [1.29, 1.82) is 0 Å². The summed E-state index contributed by atoms with van der Waals surface area (Å²) in [6, 6.07) is 6.19. The second-order valence-electron chi connectivity index (χ2n) is 5.87. The van der Waals surface area contributed by atoms with Gasteiger partial charge in [0.25, 0.3) is 0 Å². The van der Waals surface area contributed by atoms with Gasteiger partial charge in [0.05, 0.1) is 24.6 Å². The number of amides is 1. The molecule has 1 aliphatic heterocycles. The van der Waals surface area contributed by atoms with E-state index in [1.165, 1.54) is 12.1 Å². The Bertz CT molecular complexity index is 693. The zero-order valence-electron chi connectivity index (χ0n) is 13.6. The van der Waals surface area contributed by atoms with E-state index in [-0.39, 0.29) is 17.8 Å². The number of carbonyl (C=O) groups excluding carboxylic acids is 1. The fraction of sp³-hybridized carbons (Fsp3) is 0.412. The molecule has 2 heterocycles. The van der Waals surface area contributed by atoms with Crippen LogP contribution in [0.15, 0.2) is 30.5 Å². The van der Waals surface area contributed by atoms with E-state index >= 15 is 0 Å². The van der Waals surface area contributed by atoms with Gasteiger partial charge in [-0.2, -0.15) is 5.10 Å². The normalized spacial score (nSPS) is 17.7. The number of hydrogen-bond donors (Lipinski definition) is 2. The third-order valence-electron chi connectivity index (χ3n) is 4.00. The van der Waals surface area contributed by atoms with Crippen molar-refractivity contribution in [3.63, 3.8) is 0 Å². The van der Waals surface area contributed by atoms with Gasteiger partial charge in [-0.05, 0) is 31.2 Å². The van der Waals surface area contributed by atoms with Crippen LogP contribution in [0.3, 0.4) is 0 Å². The Labute approximate surface area is 140 Å². The number of morpholine rings is 1. The van der Waals surface area contributed by atoms with Gasteiger partial charge in [-0.3, -0.25) is 4.79 Å². The highest BCUT2D eigenvalue weighted by Gasteiger charge is 2.17. The molecule has 2 N–H and O–H groups in total. The third kappa shape index (κ3) is 4.18. The van der Waals surface area contributed by atoms with Gasteiger partial charge in [0.15, 0.2) is 0 Å². The van der Waals surface area contributed by atoms with Crippen molar-refractivity contribution in [2.45, 2.75) is 25.9 Å². The first-order chi connectivity index (χ1) is 11.6. The molecule has 7 heteroatoms. The van der Waals surface area contributed by atoms with Crippen LogP contribution in [0.1, 0.15) is 17.7 Å². The number of hydrogen-bond acceptors (Lipinski definition) is 4. The minimum Gasteiger partial charge on any atom is -0.378 e. The molecule has 128 valence electrons. The maximum absolute atomic E-state index is 13.0. The topological polar surface area (TPSA) is 68.2 Å². The molecule has 6 nitrogen and oxygen atoms in total. The standard InChI is InChI=1S/C17H21FN4O2/c1-12-13(9-20-17(23)8-15-11-24-7-6-19-15)10-22(21-12)16-4-2-14(18)3-5-16/h2-5,10,15,19H,6-9,11H2,1H3,(H,20,23). The number of benzene rings is 1. The molecule has 1 aromatic carbocycles. The van der Waals surface area contributed by atoms with Gasteiger partial charge in [0.2, 0.25) is 5.91 Å². The summed E-state index contributed by atoms with van der Waals surface area (Å²) in [4.78, 5) is 12.0. The van der Waals surface area contributed by atoms with Crippen LogP contribution in [0.25, 0.3) is 5.69 Å². The summed E-state index contributed by atoms with van der Waals surface area (Å²) >= 11 is 0. The zero-order valence-corrected chi connectivity index (χ0v) is 13.6. The quantitative estimate of drug-likeness (QED) is 0.866. The summed E-state index contributed by atoms with van der Waals surface area (Å²) in [5.74, 6) is -0.303. The molecule has 0 saturated carbocycles. The lowest BCUT2D eigenvalue weighted by Gasteiger charge is -2.23.